The summed E-state index contributed by atoms with van der Waals surface area (Å²) in [4.78, 5) is 0. The molecule has 0 amide bonds. The lowest BCUT2D eigenvalue weighted by Gasteiger charge is -2.34. The Morgan fingerprint density at radius 1 is 1.38 bits per heavy atom. The fraction of sp³-hybridized carbons (Fsp3) is 0.571. The molecule has 2 aliphatic rings. The molecule has 1 nitrogen and oxygen atoms in total. The van der Waals surface area contributed by atoms with E-state index in [0.717, 1.165) is 31.4 Å². The molecule has 2 N–H and O–H groups in total. The Morgan fingerprint density at radius 3 is 2.88 bits per heavy atom. The van der Waals surface area contributed by atoms with Crippen LogP contribution >= 0.6 is 0 Å². The van der Waals surface area contributed by atoms with Crippen LogP contribution in [0.15, 0.2) is 18.2 Å². The summed E-state index contributed by atoms with van der Waals surface area (Å²) in [6.45, 7) is 0.761. The Bertz CT molecular complexity index is 409. The van der Waals surface area contributed by atoms with Crippen molar-refractivity contribution < 1.29 is 4.39 Å². The van der Waals surface area contributed by atoms with Crippen LogP contribution in [-0.4, -0.2) is 6.54 Å². The van der Waals surface area contributed by atoms with Gasteiger partial charge in [0.25, 0.3) is 0 Å². The summed E-state index contributed by atoms with van der Waals surface area (Å²) in [7, 11) is 0. The molecule has 86 valence electrons. The molecule has 0 bridgehead atoms. The highest BCUT2D eigenvalue weighted by molar-refractivity contribution is 5.42. The lowest BCUT2D eigenvalue weighted by Crippen LogP contribution is -2.29. The Labute approximate surface area is 95.8 Å². The van der Waals surface area contributed by atoms with Gasteiger partial charge in [0, 0.05) is 0 Å². The van der Waals surface area contributed by atoms with Crippen molar-refractivity contribution >= 4 is 0 Å². The second kappa shape index (κ2) is 3.56. The number of fused-ring (bicyclic) bond motifs is 2. The second-order valence-electron chi connectivity index (χ2n) is 5.24. The number of nitrogens with two attached hydrogens (primary N) is 1. The van der Waals surface area contributed by atoms with E-state index in [1.165, 1.54) is 18.4 Å². The highest BCUT2D eigenvalue weighted by Crippen LogP contribution is 2.59. The maximum Gasteiger partial charge on any atom is 0.126 e. The zero-order chi connectivity index (χ0) is 11.2. The molecule has 0 aromatic heterocycles. The highest BCUT2D eigenvalue weighted by Gasteiger charge is 2.52. The number of benzene rings is 1. The van der Waals surface area contributed by atoms with Gasteiger partial charge >= 0.3 is 0 Å². The quantitative estimate of drug-likeness (QED) is 0.813. The lowest BCUT2D eigenvalue weighted by atomic mass is 9.71. The first-order chi connectivity index (χ1) is 7.78. The molecule has 0 radical (unpaired) electrons. The van der Waals surface area contributed by atoms with E-state index in [9.17, 15) is 4.39 Å². The summed E-state index contributed by atoms with van der Waals surface area (Å²) < 4.78 is 13.7. The largest absolute Gasteiger partial charge is 0.330 e. The molecule has 1 saturated carbocycles. The topological polar surface area (TPSA) is 26.0 Å². The number of halogens is 1. The van der Waals surface area contributed by atoms with E-state index >= 15 is 0 Å². The molecule has 2 aliphatic carbocycles. The summed E-state index contributed by atoms with van der Waals surface area (Å²) in [5, 5.41) is 0. The van der Waals surface area contributed by atoms with Crippen molar-refractivity contribution in [2.45, 2.75) is 37.5 Å². The molecule has 3 rings (SSSR count). The SMILES string of the molecule is NCCC1CCc2c(F)cccc2C12CC2. The maximum atomic E-state index is 13.7. The summed E-state index contributed by atoms with van der Waals surface area (Å²) >= 11 is 0. The Morgan fingerprint density at radius 2 is 2.19 bits per heavy atom. The molecule has 1 spiro atoms. The van der Waals surface area contributed by atoms with E-state index in [1.54, 1.807) is 6.07 Å². The fourth-order valence-corrected chi connectivity index (χ4v) is 3.53. The van der Waals surface area contributed by atoms with Crippen LogP contribution in [0.5, 0.6) is 0 Å². The molecular weight excluding hydrogens is 201 g/mol. The third kappa shape index (κ3) is 1.32. The highest BCUT2D eigenvalue weighted by atomic mass is 19.1. The number of hydrogen-bond acceptors (Lipinski definition) is 1. The zero-order valence-electron chi connectivity index (χ0n) is 9.51. The van der Waals surface area contributed by atoms with Gasteiger partial charge in [-0.2, -0.15) is 0 Å². The number of rotatable bonds is 2. The van der Waals surface area contributed by atoms with Crippen LogP contribution in [0.4, 0.5) is 4.39 Å². The van der Waals surface area contributed by atoms with E-state index in [1.807, 2.05) is 6.07 Å². The van der Waals surface area contributed by atoms with Gasteiger partial charge in [-0.3, -0.25) is 0 Å². The molecule has 16 heavy (non-hydrogen) atoms. The van der Waals surface area contributed by atoms with Gasteiger partial charge in [-0.15, -0.1) is 0 Å². The van der Waals surface area contributed by atoms with Crippen LogP contribution in [0.2, 0.25) is 0 Å². The molecule has 1 fully saturated rings. The van der Waals surface area contributed by atoms with Crippen molar-refractivity contribution in [1.29, 1.82) is 0 Å². The van der Waals surface area contributed by atoms with Gasteiger partial charge < -0.3 is 5.73 Å². The van der Waals surface area contributed by atoms with Crippen molar-refractivity contribution in [3.8, 4) is 0 Å². The first-order valence-electron chi connectivity index (χ1n) is 6.26. The predicted molar refractivity (Wildman–Crippen MR) is 62.8 cm³/mol. The maximum absolute atomic E-state index is 13.7. The summed E-state index contributed by atoms with van der Waals surface area (Å²) in [5.41, 5.74) is 8.25. The predicted octanol–water partition coefficient (Wildman–Crippen LogP) is 2.77. The van der Waals surface area contributed by atoms with Crippen LogP contribution in [0, 0.1) is 11.7 Å². The molecular formula is C14H18FN. The first-order valence-corrected chi connectivity index (χ1v) is 6.26. The van der Waals surface area contributed by atoms with Crippen LogP contribution in [0.3, 0.4) is 0 Å². The van der Waals surface area contributed by atoms with Gasteiger partial charge in [-0.05, 0) is 67.2 Å². The van der Waals surface area contributed by atoms with Crippen LogP contribution in [0.1, 0.15) is 36.8 Å². The molecule has 1 aromatic carbocycles. The summed E-state index contributed by atoms with van der Waals surface area (Å²) in [5.74, 6) is 0.682. The van der Waals surface area contributed by atoms with Crippen molar-refractivity contribution in [3.63, 3.8) is 0 Å². The average Bonchev–Trinajstić information content (AvgIpc) is 3.05. The van der Waals surface area contributed by atoms with Gasteiger partial charge in [0.2, 0.25) is 0 Å². The lowest BCUT2D eigenvalue weighted by molar-refractivity contribution is 0.330. The van der Waals surface area contributed by atoms with E-state index in [4.69, 9.17) is 5.73 Å². The molecule has 1 atom stereocenters. The van der Waals surface area contributed by atoms with Gasteiger partial charge in [0.15, 0.2) is 0 Å². The van der Waals surface area contributed by atoms with Crippen molar-refractivity contribution in [2.24, 2.45) is 11.7 Å². The third-order valence-electron chi connectivity index (χ3n) is 4.48. The normalized spacial score (nSPS) is 25.5. The third-order valence-corrected chi connectivity index (χ3v) is 4.48. The Kier molecular flexibility index (Phi) is 2.28. The molecule has 1 aromatic rings. The minimum atomic E-state index is -0.00465. The van der Waals surface area contributed by atoms with Gasteiger partial charge in [0.1, 0.15) is 5.82 Å². The van der Waals surface area contributed by atoms with Crippen molar-refractivity contribution in [1.82, 2.24) is 0 Å². The van der Waals surface area contributed by atoms with E-state index in [-0.39, 0.29) is 5.82 Å². The standard InChI is InChI=1S/C14H18FN/c15-13-3-1-2-12-11(13)5-4-10(6-9-16)14(12)7-8-14/h1-3,10H,4-9,16H2. The van der Waals surface area contributed by atoms with E-state index < -0.39 is 0 Å². The smallest absolute Gasteiger partial charge is 0.126 e. The molecule has 0 saturated heterocycles. The number of hydrogen-bond donors (Lipinski definition) is 1. The molecule has 2 heteroatoms. The van der Waals surface area contributed by atoms with Crippen molar-refractivity contribution in [3.05, 3.63) is 35.1 Å². The van der Waals surface area contributed by atoms with E-state index in [0.29, 0.717) is 11.3 Å². The van der Waals surface area contributed by atoms with Gasteiger partial charge in [0.05, 0.1) is 0 Å². The Hall–Kier alpha value is -0.890. The second-order valence-corrected chi connectivity index (χ2v) is 5.24. The summed E-state index contributed by atoms with van der Waals surface area (Å²) in [6, 6.07) is 5.59. The minimum absolute atomic E-state index is 0.00465. The fourth-order valence-electron chi connectivity index (χ4n) is 3.53. The van der Waals surface area contributed by atoms with E-state index in [2.05, 4.69) is 6.07 Å². The van der Waals surface area contributed by atoms with Crippen LogP contribution in [-0.2, 0) is 11.8 Å². The average molecular weight is 219 g/mol. The monoisotopic (exact) mass is 219 g/mol. The van der Waals surface area contributed by atoms with Gasteiger partial charge in [-0.1, -0.05) is 12.1 Å². The first kappa shape index (κ1) is 10.3. The summed E-state index contributed by atoms with van der Waals surface area (Å²) in [6.07, 6.45) is 5.57. The van der Waals surface area contributed by atoms with Crippen LogP contribution in [0.25, 0.3) is 0 Å². The minimum Gasteiger partial charge on any atom is -0.330 e. The van der Waals surface area contributed by atoms with Crippen molar-refractivity contribution in [2.75, 3.05) is 6.54 Å². The molecule has 1 unspecified atom stereocenters. The zero-order valence-corrected chi connectivity index (χ0v) is 9.51. The Balaban J connectivity index is 2.03. The molecule has 0 aliphatic heterocycles. The molecule has 0 heterocycles. The van der Waals surface area contributed by atoms with Crippen LogP contribution < -0.4 is 5.73 Å². The van der Waals surface area contributed by atoms with Gasteiger partial charge in [-0.25, -0.2) is 4.39 Å².